The van der Waals surface area contributed by atoms with Crippen molar-refractivity contribution in [1.82, 2.24) is 4.98 Å². The molecule has 0 aromatic carbocycles. The molecule has 0 aliphatic heterocycles. The summed E-state index contributed by atoms with van der Waals surface area (Å²) in [4.78, 5) is 3.66. The van der Waals surface area contributed by atoms with E-state index >= 15 is 0 Å². The number of rotatable bonds is 2. The summed E-state index contributed by atoms with van der Waals surface area (Å²) in [5, 5.41) is 1.83. The van der Waals surface area contributed by atoms with Crippen LogP contribution in [0.5, 0.6) is 0 Å². The van der Waals surface area contributed by atoms with E-state index in [1.165, 1.54) is 5.38 Å². The highest BCUT2D eigenvalue weighted by Gasteiger charge is 2.14. The molecule has 0 saturated carbocycles. The van der Waals surface area contributed by atoms with Crippen LogP contribution < -0.4 is 5.73 Å². The number of anilines is 1. The van der Waals surface area contributed by atoms with Crippen LogP contribution in [0, 0.1) is 0 Å². The normalized spacial score (nSPS) is 11.7. The molecule has 6 heteroatoms. The smallest absolute Gasteiger partial charge is 0.196 e. The van der Waals surface area contributed by atoms with E-state index in [4.69, 9.17) is 5.73 Å². The van der Waals surface area contributed by atoms with Crippen LogP contribution in [0.4, 0.5) is 5.13 Å². The number of aromatic nitrogens is 1. The predicted octanol–water partition coefficient (Wildman–Crippen LogP) is 0.519. The zero-order valence-electron chi connectivity index (χ0n) is 5.94. The highest BCUT2D eigenvalue weighted by Crippen LogP contribution is 2.16. The molecule has 0 radical (unpaired) electrons. The number of nitrogens with two attached hydrogens (primary N) is 1. The van der Waals surface area contributed by atoms with E-state index in [1.54, 1.807) is 6.92 Å². The Hall–Kier alpha value is -0.620. The quantitative estimate of drug-likeness (QED) is 0.741. The van der Waals surface area contributed by atoms with Crippen LogP contribution in [0.25, 0.3) is 0 Å². The second kappa shape index (κ2) is 2.78. The summed E-state index contributed by atoms with van der Waals surface area (Å²) in [6, 6.07) is 0. The van der Waals surface area contributed by atoms with Crippen LogP contribution in [-0.2, 0) is 9.84 Å². The minimum Gasteiger partial charge on any atom is -0.375 e. The topological polar surface area (TPSA) is 73.0 Å². The van der Waals surface area contributed by atoms with Gasteiger partial charge in [-0.3, -0.25) is 0 Å². The number of hydrogen-bond acceptors (Lipinski definition) is 5. The Bertz CT molecular complexity index is 341. The minimum atomic E-state index is -3.16. The van der Waals surface area contributed by atoms with Crippen molar-refractivity contribution < 1.29 is 8.42 Å². The summed E-state index contributed by atoms with van der Waals surface area (Å²) in [6.45, 7) is 1.57. The zero-order chi connectivity index (χ0) is 8.48. The van der Waals surface area contributed by atoms with E-state index in [-0.39, 0.29) is 15.9 Å². The van der Waals surface area contributed by atoms with Crippen molar-refractivity contribution in [2.24, 2.45) is 0 Å². The highest BCUT2D eigenvalue weighted by molar-refractivity contribution is 7.91. The SMILES string of the molecule is CCS(=O)(=O)c1csc(N)n1. The van der Waals surface area contributed by atoms with Crippen LogP contribution in [0.3, 0.4) is 0 Å². The van der Waals surface area contributed by atoms with Gasteiger partial charge in [0.2, 0.25) is 0 Å². The van der Waals surface area contributed by atoms with Crippen LogP contribution in [0.2, 0.25) is 0 Å². The third-order valence-corrected chi connectivity index (χ3v) is 3.63. The zero-order valence-corrected chi connectivity index (χ0v) is 7.58. The molecule has 0 atom stereocenters. The van der Waals surface area contributed by atoms with Crippen LogP contribution in [0.1, 0.15) is 6.92 Å². The van der Waals surface area contributed by atoms with E-state index in [1.807, 2.05) is 0 Å². The molecule has 0 saturated heterocycles. The van der Waals surface area contributed by atoms with E-state index in [9.17, 15) is 8.42 Å². The second-order valence-electron chi connectivity index (χ2n) is 1.93. The standard InChI is InChI=1S/C5H8N2O2S2/c1-2-11(8,9)4-3-10-5(6)7-4/h3H,2H2,1H3,(H2,6,7). The maximum atomic E-state index is 11.1. The molecule has 0 fully saturated rings. The van der Waals surface area contributed by atoms with Gasteiger partial charge in [-0.15, -0.1) is 11.3 Å². The predicted molar refractivity (Wildman–Crippen MR) is 44.3 cm³/mol. The van der Waals surface area contributed by atoms with Gasteiger partial charge in [-0.2, -0.15) is 0 Å². The Morgan fingerprint density at radius 1 is 1.73 bits per heavy atom. The molecule has 4 nitrogen and oxygen atoms in total. The Balaban J connectivity index is 3.13. The first-order valence-corrected chi connectivity index (χ1v) is 5.53. The number of nitrogens with zero attached hydrogens (tertiary/aromatic N) is 1. The third kappa shape index (κ3) is 1.69. The van der Waals surface area contributed by atoms with Crippen molar-refractivity contribution in [3.05, 3.63) is 5.38 Å². The molecule has 1 aromatic rings. The lowest BCUT2D eigenvalue weighted by atomic mass is 11.0. The summed E-state index contributed by atoms with van der Waals surface area (Å²) < 4.78 is 22.2. The summed E-state index contributed by atoms with van der Waals surface area (Å²) in [6.07, 6.45) is 0. The van der Waals surface area contributed by atoms with Gasteiger partial charge < -0.3 is 5.73 Å². The fourth-order valence-electron chi connectivity index (χ4n) is 0.563. The van der Waals surface area contributed by atoms with Crippen molar-refractivity contribution >= 4 is 26.3 Å². The molecule has 0 spiro atoms. The molecule has 0 aliphatic carbocycles. The molecule has 0 unspecified atom stereocenters. The largest absolute Gasteiger partial charge is 0.375 e. The molecule has 1 aromatic heterocycles. The van der Waals surface area contributed by atoms with E-state index < -0.39 is 9.84 Å². The van der Waals surface area contributed by atoms with Gasteiger partial charge in [0.25, 0.3) is 0 Å². The van der Waals surface area contributed by atoms with E-state index in [0.717, 1.165) is 11.3 Å². The fourth-order valence-corrected chi connectivity index (χ4v) is 2.31. The number of hydrogen-bond donors (Lipinski definition) is 1. The van der Waals surface area contributed by atoms with E-state index in [0.29, 0.717) is 0 Å². The molecule has 1 heterocycles. The first kappa shape index (κ1) is 8.48. The lowest BCUT2D eigenvalue weighted by molar-refractivity contribution is 0.594. The van der Waals surface area contributed by atoms with Crippen LogP contribution >= 0.6 is 11.3 Å². The first-order chi connectivity index (χ1) is 5.06. The monoisotopic (exact) mass is 192 g/mol. The average Bonchev–Trinajstić information content (AvgIpc) is 2.36. The highest BCUT2D eigenvalue weighted by atomic mass is 32.2. The summed E-state index contributed by atoms with van der Waals surface area (Å²) in [5.74, 6) is 0.0656. The number of sulfone groups is 1. The van der Waals surface area contributed by atoms with Gasteiger partial charge in [-0.05, 0) is 0 Å². The number of thiazole rings is 1. The van der Waals surface area contributed by atoms with Gasteiger partial charge in [-0.1, -0.05) is 6.92 Å². The first-order valence-electron chi connectivity index (χ1n) is 3.00. The van der Waals surface area contributed by atoms with Gasteiger partial charge in [0.05, 0.1) is 5.75 Å². The lowest BCUT2D eigenvalue weighted by Crippen LogP contribution is -2.03. The lowest BCUT2D eigenvalue weighted by Gasteiger charge is -1.92. The van der Waals surface area contributed by atoms with Gasteiger partial charge in [0.15, 0.2) is 20.0 Å². The molecule has 0 amide bonds. The van der Waals surface area contributed by atoms with Crippen molar-refractivity contribution in [3.63, 3.8) is 0 Å². The Kier molecular flexibility index (Phi) is 2.15. The van der Waals surface area contributed by atoms with Crippen molar-refractivity contribution in [1.29, 1.82) is 0 Å². The summed E-state index contributed by atoms with van der Waals surface area (Å²) >= 11 is 1.13. The molecule has 2 N–H and O–H groups in total. The molecule has 62 valence electrons. The van der Waals surface area contributed by atoms with Crippen molar-refractivity contribution in [3.8, 4) is 0 Å². The Morgan fingerprint density at radius 2 is 2.36 bits per heavy atom. The Labute approximate surface area is 69.0 Å². The van der Waals surface area contributed by atoms with Gasteiger partial charge in [0, 0.05) is 5.38 Å². The molecule has 0 bridgehead atoms. The van der Waals surface area contributed by atoms with Crippen LogP contribution in [0.15, 0.2) is 10.4 Å². The van der Waals surface area contributed by atoms with Gasteiger partial charge in [-0.25, -0.2) is 13.4 Å². The fraction of sp³-hybridized carbons (Fsp3) is 0.400. The van der Waals surface area contributed by atoms with Gasteiger partial charge in [0.1, 0.15) is 0 Å². The maximum Gasteiger partial charge on any atom is 0.196 e. The third-order valence-electron chi connectivity index (χ3n) is 1.20. The number of nitrogen functional groups attached to an aromatic ring is 1. The van der Waals surface area contributed by atoms with E-state index in [2.05, 4.69) is 4.98 Å². The van der Waals surface area contributed by atoms with Crippen LogP contribution in [-0.4, -0.2) is 19.2 Å². The molecule has 0 aliphatic rings. The molecule has 11 heavy (non-hydrogen) atoms. The molecular weight excluding hydrogens is 184 g/mol. The minimum absolute atomic E-state index is 0.0656. The van der Waals surface area contributed by atoms with Gasteiger partial charge >= 0.3 is 0 Å². The summed E-state index contributed by atoms with van der Waals surface area (Å²) in [7, 11) is -3.16. The average molecular weight is 192 g/mol. The Morgan fingerprint density at radius 3 is 2.73 bits per heavy atom. The van der Waals surface area contributed by atoms with Crippen molar-refractivity contribution in [2.75, 3.05) is 11.5 Å². The molecular formula is C5H8N2O2S2. The summed E-state index contributed by atoms with van der Waals surface area (Å²) in [5.41, 5.74) is 5.27. The second-order valence-corrected chi connectivity index (χ2v) is 5.04. The maximum absolute atomic E-state index is 11.1. The molecule has 1 rings (SSSR count). The van der Waals surface area contributed by atoms with Crippen molar-refractivity contribution in [2.45, 2.75) is 11.9 Å².